The second-order valence-corrected chi connectivity index (χ2v) is 8.64. The molecule has 0 saturated heterocycles. The molecule has 0 spiro atoms. The van der Waals surface area contributed by atoms with Crippen molar-refractivity contribution in [3.05, 3.63) is 125 Å². The highest BCUT2D eigenvalue weighted by atomic mass is 35.5. The molecular weight excluding hydrogens is 554 g/mol. The Morgan fingerprint density at radius 3 is 1.93 bits per heavy atom. The zero-order valence-electron chi connectivity index (χ0n) is 21.2. The van der Waals surface area contributed by atoms with Crippen LogP contribution in [0, 0.1) is 28.5 Å². The number of imidazole rings is 2. The number of rotatable bonds is 7. The fourth-order valence-electron chi connectivity index (χ4n) is 3.58. The summed E-state index contributed by atoms with van der Waals surface area (Å²) in [6.45, 7) is 1.20. The first kappa shape index (κ1) is 29.7. The summed E-state index contributed by atoms with van der Waals surface area (Å²) in [4.78, 5) is 7.91. The monoisotopic (exact) mass is 576 g/mol. The second-order valence-electron chi connectivity index (χ2n) is 8.24. The van der Waals surface area contributed by atoms with Gasteiger partial charge in [0.1, 0.15) is 35.2 Å². The van der Waals surface area contributed by atoms with Gasteiger partial charge in [0.2, 0.25) is 0 Å². The lowest BCUT2D eigenvalue weighted by molar-refractivity contribution is 0.413. The van der Waals surface area contributed by atoms with Gasteiger partial charge in [-0.1, -0.05) is 23.7 Å². The van der Waals surface area contributed by atoms with Gasteiger partial charge in [-0.05, 0) is 47.5 Å². The minimum atomic E-state index is -0.477. The quantitative estimate of drug-likeness (QED) is 0.216. The summed E-state index contributed by atoms with van der Waals surface area (Å²) >= 11 is 6.21. The zero-order chi connectivity index (χ0) is 27.6. The Kier molecular flexibility index (Phi) is 10.7. The maximum Gasteiger partial charge on any atom is 0.146 e. The first-order chi connectivity index (χ1) is 19.0. The molecule has 0 saturated carbocycles. The maximum absolute atomic E-state index is 13.2. The van der Waals surface area contributed by atoms with Crippen LogP contribution in [0.4, 0.5) is 4.39 Å². The van der Waals surface area contributed by atoms with Crippen LogP contribution in [-0.4, -0.2) is 26.2 Å². The van der Waals surface area contributed by atoms with Crippen molar-refractivity contribution in [3.63, 3.8) is 0 Å². The summed E-state index contributed by atoms with van der Waals surface area (Å²) in [5, 5.41) is 18.3. The molecule has 0 radical (unpaired) electrons. The third-order valence-corrected chi connectivity index (χ3v) is 5.82. The van der Waals surface area contributed by atoms with Crippen molar-refractivity contribution in [1.82, 2.24) is 19.1 Å². The molecule has 0 aliphatic rings. The summed E-state index contributed by atoms with van der Waals surface area (Å²) in [5.41, 5.74) is 2.32. The van der Waals surface area contributed by atoms with Crippen molar-refractivity contribution in [2.75, 3.05) is 7.11 Å². The van der Waals surface area contributed by atoms with Crippen LogP contribution in [0.25, 0.3) is 0 Å². The highest BCUT2D eigenvalue weighted by Crippen LogP contribution is 2.34. The summed E-state index contributed by atoms with van der Waals surface area (Å²) in [6.07, 6.45) is 10.5. The topological polar surface area (TPSA) is 102 Å². The van der Waals surface area contributed by atoms with Crippen LogP contribution in [0.2, 0.25) is 5.02 Å². The number of hydrogen-bond donors (Lipinski definition) is 0. The lowest BCUT2D eigenvalue weighted by Crippen LogP contribution is -1.98. The van der Waals surface area contributed by atoms with E-state index >= 15 is 0 Å². The third-order valence-electron chi connectivity index (χ3n) is 5.53. The van der Waals surface area contributed by atoms with Crippen LogP contribution in [0.5, 0.6) is 17.2 Å². The molecule has 0 amide bonds. The Morgan fingerprint density at radius 1 is 0.825 bits per heavy atom. The van der Waals surface area contributed by atoms with Crippen molar-refractivity contribution >= 4 is 24.0 Å². The molecule has 5 rings (SSSR count). The lowest BCUT2D eigenvalue weighted by atomic mass is 10.1. The molecule has 0 fully saturated rings. The Balaban J connectivity index is 0.000000238. The van der Waals surface area contributed by atoms with Crippen LogP contribution in [0.15, 0.2) is 92.0 Å². The number of nitriles is 2. The number of nitrogens with zero attached hydrogens (tertiary/aromatic N) is 6. The average Bonchev–Trinajstić information content (AvgIpc) is 3.65. The molecule has 3 aromatic carbocycles. The molecule has 202 valence electrons. The Bertz CT molecular complexity index is 1630. The Hall–Kier alpha value is -4.83. The predicted molar refractivity (Wildman–Crippen MR) is 150 cm³/mol. The third kappa shape index (κ3) is 7.84. The number of methoxy groups -OCH3 is 1. The van der Waals surface area contributed by atoms with Gasteiger partial charge in [-0.15, -0.1) is 12.4 Å². The molecule has 2 heterocycles. The van der Waals surface area contributed by atoms with Crippen LogP contribution in [0.3, 0.4) is 0 Å². The summed E-state index contributed by atoms with van der Waals surface area (Å²) in [7, 11) is 1.57. The summed E-state index contributed by atoms with van der Waals surface area (Å²) in [6, 6.07) is 19.1. The number of ether oxygens (including phenoxy) is 2. The van der Waals surface area contributed by atoms with E-state index in [1.807, 2.05) is 27.5 Å². The minimum Gasteiger partial charge on any atom is -0.497 e. The van der Waals surface area contributed by atoms with Crippen molar-refractivity contribution in [1.29, 1.82) is 10.5 Å². The predicted octanol–water partition coefficient (Wildman–Crippen LogP) is 6.62. The van der Waals surface area contributed by atoms with Gasteiger partial charge in [-0.3, -0.25) is 0 Å². The smallest absolute Gasteiger partial charge is 0.146 e. The van der Waals surface area contributed by atoms with E-state index in [2.05, 4.69) is 16.0 Å². The van der Waals surface area contributed by atoms with E-state index in [0.29, 0.717) is 40.9 Å². The van der Waals surface area contributed by atoms with E-state index in [1.54, 1.807) is 74.8 Å². The highest BCUT2D eigenvalue weighted by Gasteiger charge is 2.10. The molecule has 8 nitrogen and oxygen atoms in total. The minimum absolute atomic E-state index is 0. The fourth-order valence-corrected chi connectivity index (χ4v) is 3.79. The van der Waals surface area contributed by atoms with Gasteiger partial charge in [0.15, 0.2) is 0 Å². The standard InChI is InChI=1S/C18H14ClN3O2.C11H8FN3.ClH/c1-23-15-4-5-17(16(19)9-15)24-18-8-13(2-3-14(18)10-20)11-22-7-6-21-12-22;12-11-5-9(1-2-10(11)6-13)7-15-4-3-14-8-15;/h2-9,12H,11H2,1H3;1-5,8H,7H2;1H. The van der Waals surface area contributed by atoms with Gasteiger partial charge < -0.3 is 18.6 Å². The molecule has 0 unspecified atom stereocenters. The molecule has 5 aromatic rings. The van der Waals surface area contributed by atoms with Crippen LogP contribution in [0.1, 0.15) is 22.3 Å². The molecule has 2 aromatic heterocycles. The van der Waals surface area contributed by atoms with Crippen molar-refractivity contribution in [3.8, 4) is 29.4 Å². The van der Waals surface area contributed by atoms with Gasteiger partial charge in [0, 0.05) is 43.9 Å². The lowest BCUT2D eigenvalue weighted by Gasteiger charge is -2.12. The van der Waals surface area contributed by atoms with E-state index < -0.39 is 5.82 Å². The molecular formula is C29H23Cl2FN6O2. The largest absolute Gasteiger partial charge is 0.497 e. The van der Waals surface area contributed by atoms with Crippen molar-refractivity contribution in [2.45, 2.75) is 13.1 Å². The number of halogens is 3. The summed E-state index contributed by atoms with van der Waals surface area (Å²) < 4.78 is 28.0. The van der Waals surface area contributed by atoms with Gasteiger partial charge in [0.25, 0.3) is 0 Å². The van der Waals surface area contributed by atoms with Gasteiger partial charge >= 0.3 is 0 Å². The number of aromatic nitrogens is 4. The van der Waals surface area contributed by atoms with E-state index in [0.717, 1.165) is 11.1 Å². The van der Waals surface area contributed by atoms with Crippen LogP contribution < -0.4 is 9.47 Å². The molecule has 0 aliphatic carbocycles. The first-order valence-electron chi connectivity index (χ1n) is 11.6. The van der Waals surface area contributed by atoms with Gasteiger partial charge in [-0.25, -0.2) is 14.4 Å². The molecule has 0 atom stereocenters. The summed E-state index contributed by atoms with van der Waals surface area (Å²) in [5.74, 6) is 1.09. The molecule has 0 bridgehead atoms. The molecule has 0 N–H and O–H groups in total. The maximum atomic E-state index is 13.2. The zero-order valence-corrected chi connectivity index (χ0v) is 22.8. The van der Waals surface area contributed by atoms with Gasteiger partial charge in [0.05, 0.1) is 35.9 Å². The second kappa shape index (κ2) is 14.4. The van der Waals surface area contributed by atoms with Crippen molar-refractivity contribution in [2.24, 2.45) is 0 Å². The molecule has 0 aliphatic heterocycles. The highest BCUT2D eigenvalue weighted by molar-refractivity contribution is 6.32. The first-order valence-corrected chi connectivity index (χ1v) is 12.0. The van der Waals surface area contributed by atoms with Crippen LogP contribution in [-0.2, 0) is 13.1 Å². The molecule has 11 heteroatoms. The normalized spacial score (nSPS) is 9.82. The fraction of sp³-hybridized carbons (Fsp3) is 0.103. The Morgan fingerprint density at radius 2 is 1.43 bits per heavy atom. The van der Waals surface area contributed by atoms with E-state index in [4.69, 9.17) is 26.3 Å². The van der Waals surface area contributed by atoms with E-state index in [1.165, 1.54) is 12.1 Å². The number of benzene rings is 3. The van der Waals surface area contributed by atoms with Gasteiger partial charge in [-0.2, -0.15) is 10.5 Å². The van der Waals surface area contributed by atoms with E-state index in [9.17, 15) is 9.65 Å². The Labute approximate surface area is 241 Å². The van der Waals surface area contributed by atoms with Crippen molar-refractivity contribution < 1.29 is 13.9 Å². The van der Waals surface area contributed by atoms with E-state index in [-0.39, 0.29) is 18.0 Å². The molecule has 40 heavy (non-hydrogen) atoms. The number of hydrogen-bond acceptors (Lipinski definition) is 6. The van der Waals surface area contributed by atoms with Crippen LogP contribution >= 0.6 is 24.0 Å². The average molecular weight is 577 g/mol. The SMILES string of the molecule is COc1ccc(Oc2cc(Cn3ccnc3)ccc2C#N)c(Cl)c1.Cl.N#Cc1ccc(Cn2ccnc2)cc1F.